The van der Waals surface area contributed by atoms with E-state index in [9.17, 15) is 13.6 Å². The first-order chi connectivity index (χ1) is 5.57. The number of hydrogen-bond acceptors (Lipinski definition) is 1. The molecule has 0 aliphatic rings. The smallest absolute Gasteiger partial charge is 0.152 e. The molecule has 1 nitrogen and oxygen atoms in total. The number of halogens is 4. The highest BCUT2D eigenvalue weighted by Crippen LogP contribution is 2.28. The van der Waals surface area contributed by atoms with Gasteiger partial charge in [-0.1, -0.05) is 0 Å². The summed E-state index contributed by atoms with van der Waals surface area (Å²) in [6.45, 7) is 0. The summed E-state index contributed by atoms with van der Waals surface area (Å²) < 4.78 is 25.4. The van der Waals surface area contributed by atoms with Gasteiger partial charge in [-0.25, -0.2) is 8.78 Å². The maximum atomic E-state index is 12.7. The van der Waals surface area contributed by atoms with Crippen molar-refractivity contribution >= 4 is 38.1 Å². The second-order valence-electron chi connectivity index (χ2n) is 2.00. The molecule has 0 saturated carbocycles. The van der Waals surface area contributed by atoms with Gasteiger partial charge in [-0.05, 0) is 31.9 Å². The lowest BCUT2D eigenvalue weighted by molar-refractivity contribution is 0.112. The number of hydrogen-bond donors (Lipinski definition) is 0. The molecule has 0 saturated heterocycles. The van der Waals surface area contributed by atoms with Crippen LogP contribution in [0.3, 0.4) is 0 Å². The van der Waals surface area contributed by atoms with Crippen LogP contribution < -0.4 is 0 Å². The van der Waals surface area contributed by atoms with Crippen molar-refractivity contribution in [1.82, 2.24) is 0 Å². The average molecular weight is 300 g/mol. The lowest BCUT2D eigenvalue weighted by Crippen LogP contribution is -1.92. The average Bonchev–Trinajstić information content (AvgIpc) is 2.02. The third-order valence-corrected chi connectivity index (χ3v) is 2.88. The summed E-state index contributed by atoms with van der Waals surface area (Å²) in [6, 6.07) is 0.696. The van der Waals surface area contributed by atoms with Crippen molar-refractivity contribution in [2.24, 2.45) is 0 Å². The summed E-state index contributed by atoms with van der Waals surface area (Å²) in [6.07, 6.45) is 0.375. The Kier molecular flexibility index (Phi) is 2.95. The summed E-state index contributed by atoms with van der Waals surface area (Å²) >= 11 is 5.64. The zero-order chi connectivity index (χ0) is 9.30. The van der Waals surface area contributed by atoms with Crippen LogP contribution in [-0.4, -0.2) is 6.29 Å². The fourth-order valence-electron chi connectivity index (χ4n) is 0.695. The Balaban J connectivity index is 3.52. The molecule has 0 aliphatic heterocycles. The van der Waals surface area contributed by atoms with E-state index in [0.717, 1.165) is 0 Å². The molecule has 0 spiro atoms. The molecule has 0 aromatic heterocycles. The van der Waals surface area contributed by atoms with Crippen molar-refractivity contribution in [2.75, 3.05) is 0 Å². The Bertz CT molecular complexity index is 312. The summed E-state index contributed by atoms with van der Waals surface area (Å²) in [5.41, 5.74) is -0.0625. The van der Waals surface area contributed by atoms with E-state index in [0.29, 0.717) is 12.4 Å². The minimum Gasteiger partial charge on any atom is -0.298 e. The quantitative estimate of drug-likeness (QED) is 0.574. The fraction of sp³-hybridized carbons (Fsp3) is 0. The van der Waals surface area contributed by atoms with Crippen LogP contribution in [0.2, 0.25) is 0 Å². The number of carbonyl (C=O) groups excluding carboxylic acids is 1. The van der Waals surface area contributed by atoms with Gasteiger partial charge in [-0.15, -0.1) is 0 Å². The second kappa shape index (κ2) is 3.62. The van der Waals surface area contributed by atoms with Crippen LogP contribution in [0.4, 0.5) is 8.78 Å². The maximum Gasteiger partial charge on any atom is 0.152 e. The van der Waals surface area contributed by atoms with Gasteiger partial charge >= 0.3 is 0 Å². The highest BCUT2D eigenvalue weighted by Gasteiger charge is 2.13. The van der Waals surface area contributed by atoms with E-state index in [4.69, 9.17) is 0 Å². The van der Waals surface area contributed by atoms with Crippen LogP contribution in [0.1, 0.15) is 10.4 Å². The summed E-state index contributed by atoms with van der Waals surface area (Å²) in [7, 11) is 0. The molecule has 0 heterocycles. The van der Waals surface area contributed by atoms with Gasteiger partial charge in [0.1, 0.15) is 11.6 Å². The third kappa shape index (κ3) is 1.56. The highest BCUT2D eigenvalue weighted by molar-refractivity contribution is 9.11. The van der Waals surface area contributed by atoms with E-state index in [2.05, 4.69) is 31.9 Å². The standard InChI is InChI=1S/C7H2Br2F2O/c8-6-3(2-12)7(9)5(11)1-4(6)10/h1-2H. The van der Waals surface area contributed by atoms with E-state index < -0.39 is 11.6 Å². The van der Waals surface area contributed by atoms with E-state index in [1.54, 1.807) is 0 Å². The van der Waals surface area contributed by atoms with Gasteiger partial charge in [0.25, 0.3) is 0 Å². The molecule has 0 amide bonds. The predicted molar refractivity (Wildman–Crippen MR) is 47.1 cm³/mol. The number of benzene rings is 1. The normalized spacial score (nSPS) is 10.0. The van der Waals surface area contributed by atoms with E-state index in [1.807, 2.05) is 0 Å². The Labute approximate surface area is 84.0 Å². The topological polar surface area (TPSA) is 17.1 Å². The Morgan fingerprint density at radius 2 is 1.58 bits per heavy atom. The molecule has 1 aromatic rings. The van der Waals surface area contributed by atoms with E-state index in [1.165, 1.54) is 0 Å². The Hall–Kier alpha value is -0.290. The van der Waals surface area contributed by atoms with Crippen LogP contribution in [0.15, 0.2) is 15.0 Å². The summed E-state index contributed by atoms with van der Waals surface area (Å²) in [4.78, 5) is 10.4. The lowest BCUT2D eigenvalue weighted by Gasteiger charge is -2.02. The third-order valence-electron chi connectivity index (χ3n) is 1.26. The van der Waals surface area contributed by atoms with Gasteiger partial charge in [0, 0.05) is 11.6 Å². The molecular weight excluding hydrogens is 298 g/mol. The number of carbonyl (C=O) groups is 1. The second-order valence-corrected chi connectivity index (χ2v) is 3.59. The maximum absolute atomic E-state index is 12.7. The molecular formula is C7H2Br2F2O. The number of aldehydes is 1. The number of rotatable bonds is 1. The largest absolute Gasteiger partial charge is 0.298 e. The minimum absolute atomic E-state index is 0.0363. The molecule has 5 heteroatoms. The van der Waals surface area contributed by atoms with Crippen molar-refractivity contribution in [3.8, 4) is 0 Å². The van der Waals surface area contributed by atoms with Crippen molar-refractivity contribution in [3.05, 3.63) is 32.2 Å². The van der Waals surface area contributed by atoms with Crippen LogP contribution in [0, 0.1) is 11.6 Å². The van der Waals surface area contributed by atoms with Gasteiger partial charge < -0.3 is 0 Å². The van der Waals surface area contributed by atoms with Gasteiger partial charge in [0.05, 0.1) is 8.95 Å². The highest BCUT2D eigenvalue weighted by atomic mass is 79.9. The molecule has 64 valence electrons. The molecule has 0 unspecified atom stereocenters. The van der Waals surface area contributed by atoms with Crippen LogP contribution in [0.25, 0.3) is 0 Å². The van der Waals surface area contributed by atoms with Gasteiger partial charge in [-0.2, -0.15) is 0 Å². The van der Waals surface area contributed by atoms with Crippen molar-refractivity contribution in [3.63, 3.8) is 0 Å². The summed E-state index contributed by atoms with van der Waals surface area (Å²) in [5.74, 6) is -1.59. The van der Waals surface area contributed by atoms with Crippen LogP contribution in [-0.2, 0) is 0 Å². The van der Waals surface area contributed by atoms with Gasteiger partial charge in [0.15, 0.2) is 6.29 Å². The SMILES string of the molecule is O=Cc1c(Br)c(F)cc(F)c1Br. The minimum atomic E-state index is -0.794. The molecule has 0 radical (unpaired) electrons. The first-order valence-electron chi connectivity index (χ1n) is 2.86. The lowest BCUT2D eigenvalue weighted by atomic mass is 10.2. The van der Waals surface area contributed by atoms with E-state index >= 15 is 0 Å². The Morgan fingerprint density at radius 3 is 1.92 bits per heavy atom. The zero-order valence-electron chi connectivity index (χ0n) is 5.57. The fourth-order valence-corrected chi connectivity index (χ4v) is 1.77. The first kappa shape index (κ1) is 9.80. The molecule has 0 bridgehead atoms. The van der Waals surface area contributed by atoms with Crippen molar-refractivity contribution < 1.29 is 13.6 Å². The molecule has 0 atom stereocenters. The Morgan fingerprint density at radius 1 is 1.17 bits per heavy atom. The zero-order valence-corrected chi connectivity index (χ0v) is 8.75. The monoisotopic (exact) mass is 298 g/mol. The predicted octanol–water partition coefficient (Wildman–Crippen LogP) is 3.30. The molecule has 1 rings (SSSR count). The van der Waals surface area contributed by atoms with Crippen LogP contribution >= 0.6 is 31.9 Å². The van der Waals surface area contributed by atoms with Crippen molar-refractivity contribution in [1.29, 1.82) is 0 Å². The molecule has 0 N–H and O–H groups in total. The first-order valence-corrected chi connectivity index (χ1v) is 4.44. The van der Waals surface area contributed by atoms with Crippen molar-refractivity contribution in [2.45, 2.75) is 0 Å². The molecule has 0 fully saturated rings. The van der Waals surface area contributed by atoms with E-state index in [-0.39, 0.29) is 14.5 Å². The molecule has 0 aliphatic carbocycles. The van der Waals surface area contributed by atoms with Crippen LogP contribution in [0.5, 0.6) is 0 Å². The van der Waals surface area contributed by atoms with Gasteiger partial charge in [0.2, 0.25) is 0 Å². The molecule has 1 aromatic carbocycles. The van der Waals surface area contributed by atoms with Gasteiger partial charge in [-0.3, -0.25) is 4.79 Å². The molecule has 12 heavy (non-hydrogen) atoms. The summed E-state index contributed by atoms with van der Waals surface area (Å²) in [5, 5.41) is 0.